The highest BCUT2D eigenvalue weighted by Gasteiger charge is 2.14. The van der Waals surface area contributed by atoms with E-state index in [4.69, 9.17) is 5.73 Å². The second-order valence-corrected chi connectivity index (χ2v) is 4.72. The fraction of sp³-hybridized carbons (Fsp3) is 0.200. The first-order valence-electron chi connectivity index (χ1n) is 6.49. The molecule has 0 aliphatic carbocycles. The predicted octanol–water partition coefficient (Wildman–Crippen LogP) is 1.93. The largest absolute Gasteiger partial charge is 0.384 e. The summed E-state index contributed by atoms with van der Waals surface area (Å²) < 4.78 is 0. The number of H-pyrrole nitrogens is 1. The van der Waals surface area contributed by atoms with Crippen molar-refractivity contribution in [3.63, 3.8) is 0 Å². The molecule has 0 amide bonds. The number of fused-ring (bicyclic) bond motifs is 1. The maximum atomic E-state index is 9.78. The summed E-state index contributed by atoms with van der Waals surface area (Å²) in [4.78, 5) is 11.9. The van der Waals surface area contributed by atoms with Crippen LogP contribution in [0.5, 0.6) is 0 Å². The molecule has 0 saturated heterocycles. The van der Waals surface area contributed by atoms with E-state index in [-0.39, 0.29) is 6.54 Å². The summed E-state index contributed by atoms with van der Waals surface area (Å²) in [6, 6.07) is 9.91. The Morgan fingerprint density at radius 2 is 2.10 bits per heavy atom. The lowest BCUT2D eigenvalue weighted by molar-refractivity contribution is 0.176. The molecule has 3 aromatic rings. The second kappa shape index (κ2) is 5.03. The van der Waals surface area contributed by atoms with E-state index < -0.39 is 6.10 Å². The number of aliphatic hydroxyl groups excluding tert-OH is 1. The predicted molar refractivity (Wildman–Crippen MR) is 78.1 cm³/mol. The molecule has 0 radical (unpaired) electrons. The number of hydrogen-bond acceptors (Lipinski definition) is 4. The third-order valence-corrected chi connectivity index (χ3v) is 3.35. The Balaban J connectivity index is 2.18. The maximum Gasteiger partial charge on any atom is 0.158 e. The Kier molecular flexibility index (Phi) is 3.22. The monoisotopic (exact) mass is 268 g/mol. The molecule has 5 nitrogen and oxygen atoms in total. The van der Waals surface area contributed by atoms with Crippen LogP contribution in [-0.4, -0.2) is 26.6 Å². The molecule has 0 aliphatic rings. The fourth-order valence-corrected chi connectivity index (χ4v) is 2.39. The van der Waals surface area contributed by atoms with Crippen LogP contribution < -0.4 is 5.73 Å². The highest BCUT2D eigenvalue weighted by molar-refractivity contribution is 5.96. The Morgan fingerprint density at radius 1 is 1.30 bits per heavy atom. The number of aliphatic hydroxyl groups is 1. The van der Waals surface area contributed by atoms with E-state index in [1.807, 2.05) is 31.2 Å². The molecular weight excluding hydrogens is 252 g/mol. The SMILES string of the molecule is Cc1[nH]c2ccccc2c1-c1ccnc(C(O)CN)n1. The van der Waals surface area contributed by atoms with Gasteiger partial charge in [0.15, 0.2) is 5.82 Å². The number of nitrogens with two attached hydrogens (primary N) is 1. The third kappa shape index (κ3) is 2.07. The molecule has 3 rings (SSSR count). The van der Waals surface area contributed by atoms with Crippen LogP contribution in [0.1, 0.15) is 17.6 Å². The molecule has 1 aromatic carbocycles. The number of rotatable bonds is 3. The van der Waals surface area contributed by atoms with E-state index >= 15 is 0 Å². The van der Waals surface area contributed by atoms with Gasteiger partial charge in [0.1, 0.15) is 6.10 Å². The topological polar surface area (TPSA) is 87.8 Å². The van der Waals surface area contributed by atoms with E-state index in [1.54, 1.807) is 6.20 Å². The molecule has 0 saturated carbocycles. The zero-order valence-electron chi connectivity index (χ0n) is 11.2. The second-order valence-electron chi connectivity index (χ2n) is 4.72. The van der Waals surface area contributed by atoms with E-state index in [2.05, 4.69) is 21.0 Å². The van der Waals surface area contributed by atoms with Crippen molar-refractivity contribution in [2.75, 3.05) is 6.54 Å². The van der Waals surface area contributed by atoms with Crippen molar-refractivity contribution < 1.29 is 5.11 Å². The Bertz CT molecular complexity index is 750. The van der Waals surface area contributed by atoms with Gasteiger partial charge in [-0.3, -0.25) is 0 Å². The maximum absolute atomic E-state index is 9.78. The number of aryl methyl sites for hydroxylation is 1. The number of benzene rings is 1. The Morgan fingerprint density at radius 3 is 2.90 bits per heavy atom. The minimum atomic E-state index is -0.833. The number of nitrogens with one attached hydrogen (secondary N) is 1. The lowest BCUT2D eigenvalue weighted by Gasteiger charge is -2.08. The minimum Gasteiger partial charge on any atom is -0.384 e. The van der Waals surface area contributed by atoms with Gasteiger partial charge in [0.05, 0.1) is 5.69 Å². The number of hydrogen-bond donors (Lipinski definition) is 3. The summed E-state index contributed by atoms with van der Waals surface area (Å²) in [6.45, 7) is 2.12. The first-order chi connectivity index (χ1) is 9.70. The number of para-hydroxylation sites is 1. The molecule has 0 fully saturated rings. The fourth-order valence-electron chi connectivity index (χ4n) is 2.39. The molecule has 2 heterocycles. The molecule has 20 heavy (non-hydrogen) atoms. The van der Waals surface area contributed by atoms with E-state index in [0.717, 1.165) is 27.9 Å². The first kappa shape index (κ1) is 12.8. The lowest BCUT2D eigenvalue weighted by Crippen LogP contribution is -2.14. The quantitative estimate of drug-likeness (QED) is 0.677. The van der Waals surface area contributed by atoms with Crippen LogP contribution in [0, 0.1) is 6.92 Å². The molecule has 5 heteroatoms. The van der Waals surface area contributed by atoms with Gasteiger partial charge in [-0.15, -0.1) is 0 Å². The van der Waals surface area contributed by atoms with Crippen LogP contribution in [0.2, 0.25) is 0 Å². The van der Waals surface area contributed by atoms with Crippen LogP contribution in [0.15, 0.2) is 36.5 Å². The van der Waals surface area contributed by atoms with Gasteiger partial charge in [0, 0.05) is 34.9 Å². The average molecular weight is 268 g/mol. The van der Waals surface area contributed by atoms with Gasteiger partial charge >= 0.3 is 0 Å². The van der Waals surface area contributed by atoms with Crippen molar-refractivity contribution in [1.82, 2.24) is 15.0 Å². The Hall–Kier alpha value is -2.24. The third-order valence-electron chi connectivity index (χ3n) is 3.35. The summed E-state index contributed by atoms with van der Waals surface area (Å²) in [5.74, 6) is 0.356. The minimum absolute atomic E-state index is 0.107. The zero-order chi connectivity index (χ0) is 14.1. The van der Waals surface area contributed by atoms with Crippen molar-refractivity contribution in [1.29, 1.82) is 0 Å². The van der Waals surface area contributed by atoms with E-state index in [0.29, 0.717) is 5.82 Å². The molecule has 1 unspecified atom stereocenters. The lowest BCUT2D eigenvalue weighted by atomic mass is 10.1. The van der Waals surface area contributed by atoms with Crippen molar-refractivity contribution >= 4 is 10.9 Å². The summed E-state index contributed by atoms with van der Waals surface area (Å²) in [7, 11) is 0. The molecule has 2 aromatic heterocycles. The molecule has 1 atom stereocenters. The van der Waals surface area contributed by atoms with Gasteiger partial charge in [-0.1, -0.05) is 18.2 Å². The summed E-state index contributed by atoms with van der Waals surface area (Å²) in [6.07, 6.45) is 0.818. The number of nitrogens with zero attached hydrogens (tertiary/aromatic N) is 2. The van der Waals surface area contributed by atoms with Gasteiger partial charge in [0.2, 0.25) is 0 Å². The molecular formula is C15H16N4O. The van der Waals surface area contributed by atoms with Gasteiger partial charge in [-0.2, -0.15) is 0 Å². The van der Waals surface area contributed by atoms with Gasteiger partial charge in [-0.05, 0) is 19.1 Å². The first-order valence-corrected chi connectivity index (χ1v) is 6.49. The number of aromatic amines is 1. The standard InChI is InChI=1S/C15H16N4O/c1-9-14(10-4-2-3-5-11(10)18-9)12-6-7-17-15(19-12)13(20)8-16/h2-7,13,18,20H,8,16H2,1H3. The average Bonchev–Trinajstić information content (AvgIpc) is 2.82. The van der Waals surface area contributed by atoms with Crippen LogP contribution in [0.4, 0.5) is 0 Å². The van der Waals surface area contributed by atoms with Crippen molar-refractivity contribution in [2.24, 2.45) is 5.73 Å². The molecule has 0 aliphatic heterocycles. The van der Waals surface area contributed by atoms with Gasteiger partial charge in [0.25, 0.3) is 0 Å². The van der Waals surface area contributed by atoms with Gasteiger partial charge in [-0.25, -0.2) is 9.97 Å². The summed E-state index contributed by atoms with van der Waals surface area (Å²) >= 11 is 0. The van der Waals surface area contributed by atoms with E-state index in [1.165, 1.54) is 0 Å². The highest BCUT2D eigenvalue weighted by atomic mass is 16.3. The molecule has 0 bridgehead atoms. The molecule has 102 valence electrons. The summed E-state index contributed by atoms with van der Waals surface area (Å²) in [5.41, 5.74) is 9.39. The Labute approximate surface area is 116 Å². The normalized spacial score (nSPS) is 12.8. The summed E-state index contributed by atoms with van der Waals surface area (Å²) in [5, 5.41) is 10.9. The van der Waals surface area contributed by atoms with Crippen molar-refractivity contribution in [2.45, 2.75) is 13.0 Å². The zero-order valence-corrected chi connectivity index (χ0v) is 11.2. The molecule has 4 N–H and O–H groups in total. The van der Waals surface area contributed by atoms with Crippen LogP contribution >= 0.6 is 0 Å². The smallest absolute Gasteiger partial charge is 0.158 e. The van der Waals surface area contributed by atoms with Crippen LogP contribution in [-0.2, 0) is 0 Å². The highest BCUT2D eigenvalue weighted by Crippen LogP contribution is 2.30. The number of aromatic nitrogens is 3. The molecule has 0 spiro atoms. The van der Waals surface area contributed by atoms with Crippen LogP contribution in [0.3, 0.4) is 0 Å². The van der Waals surface area contributed by atoms with E-state index in [9.17, 15) is 5.11 Å². The van der Waals surface area contributed by atoms with Crippen molar-refractivity contribution in [3.8, 4) is 11.3 Å². The van der Waals surface area contributed by atoms with Gasteiger partial charge < -0.3 is 15.8 Å². The van der Waals surface area contributed by atoms with Crippen LogP contribution in [0.25, 0.3) is 22.2 Å². The van der Waals surface area contributed by atoms with Crippen molar-refractivity contribution in [3.05, 3.63) is 48.0 Å².